The average molecular weight is 519 g/mol. The van der Waals surface area contributed by atoms with Gasteiger partial charge < -0.3 is 28.1 Å². The molecule has 0 heterocycles. The van der Waals surface area contributed by atoms with Crippen molar-refractivity contribution in [2.75, 3.05) is 34.7 Å². The maximum Gasteiger partial charge on any atom is 0.373 e. The number of rotatable bonds is 18. The summed E-state index contributed by atoms with van der Waals surface area (Å²) in [6.07, 6.45) is 3.85. The third-order valence-corrected chi connectivity index (χ3v) is 12.7. The Balaban J connectivity index is 6.37. The van der Waals surface area contributed by atoms with Gasteiger partial charge in [-0.05, 0) is 36.4 Å². The van der Waals surface area contributed by atoms with Gasteiger partial charge in [0.15, 0.2) is 8.32 Å². The lowest BCUT2D eigenvalue weighted by molar-refractivity contribution is -0.191. The van der Waals surface area contributed by atoms with Crippen molar-refractivity contribution in [3.05, 3.63) is 11.8 Å². The van der Waals surface area contributed by atoms with Crippen LogP contribution >= 0.6 is 0 Å². The van der Waals surface area contributed by atoms with Gasteiger partial charge in [0, 0.05) is 7.11 Å². The van der Waals surface area contributed by atoms with Crippen molar-refractivity contribution in [3.8, 4) is 0 Å². The van der Waals surface area contributed by atoms with Gasteiger partial charge in [-0.25, -0.2) is 9.59 Å². The molecule has 0 radical (unpaired) electrons. The number of ether oxygens (including phenoxy) is 5. The van der Waals surface area contributed by atoms with Crippen molar-refractivity contribution in [2.24, 2.45) is 0 Å². The topological polar surface area (TPSA) is 89.5 Å². The number of methoxy groups -OCH3 is 3. The molecule has 0 N–H and O–H groups in total. The maximum atomic E-state index is 12.4. The number of carbonyl (C=O) groups is 2. The molecule has 0 aromatic carbocycles. The Morgan fingerprint density at radius 1 is 0.914 bits per heavy atom. The highest BCUT2D eigenvalue weighted by Gasteiger charge is 2.48. The number of esters is 2. The Morgan fingerprint density at radius 2 is 1.49 bits per heavy atom. The van der Waals surface area contributed by atoms with E-state index in [0.29, 0.717) is 23.0 Å². The molecule has 0 amide bonds. The van der Waals surface area contributed by atoms with Crippen LogP contribution in [0.5, 0.6) is 0 Å². The smallest absolute Gasteiger partial charge is 0.373 e. The van der Waals surface area contributed by atoms with Crippen LogP contribution in [-0.2, 0) is 37.7 Å². The largest absolute Gasteiger partial charge is 0.480 e. The maximum absolute atomic E-state index is 12.4. The highest BCUT2D eigenvalue weighted by atomic mass is 28.4. The molecule has 0 aliphatic heterocycles. The molecule has 0 unspecified atom stereocenters. The lowest BCUT2D eigenvalue weighted by Crippen LogP contribution is -2.55. The molecule has 0 aliphatic rings. The first-order valence-corrected chi connectivity index (χ1v) is 14.8. The molecule has 0 saturated carbocycles. The first-order valence-electron chi connectivity index (χ1n) is 12.7. The molecule has 0 aliphatic carbocycles. The molecule has 0 fully saturated rings. The van der Waals surface area contributed by atoms with Gasteiger partial charge in [0.25, 0.3) is 0 Å². The molecule has 0 aromatic rings. The third-order valence-electron chi connectivity index (χ3n) is 6.68. The standard InChI is InChI=1S/C26H50O8Si/c1-12-13-14-15-23(34-22(25(28)31-11)16-24(27)30-10)26(8,32-18-29-9)17-33-35(19(2)3,20(4)5)21(6)7/h16,19-21,23H,12-15,17-18H2,1-11H3/b22-16-/t23-,26-/m1/s1. The average Bonchev–Trinajstić information content (AvgIpc) is 2.80. The van der Waals surface area contributed by atoms with Crippen LogP contribution in [0.25, 0.3) is 0 Å². The van der Waals surface area contributed by atoms with Crippen molar-refractivity contribution in [3.63, 3.8) is 0 Å². The van der Waals surface area contributed by atoms with Crippen LogP contribution in [0.3, 0.4) is 0 Å². The second-order valence-electron chi connectivity index (χ2n) is 10.1. The molecular weight excluding hydrogens is 468 g/mol. The van der Waals surface area contributed by atoms with Crippen molar-refractivity contribution < 1.29 is 37.7 Å². The molecule has 0 aromatic heterocycles. The summed E-state index contributed by atoms with van der Waals surface area (Å²) < 4.78 is 34.1. The summed E-state index contributed by atoms with van der Waals surface area (Å²) in [5, 5.41) is 0. The van der Waals surface area contributed by atoms with E-state index >= 15 is 0 Å². The summed E-state index contributed by atoms with van der Waals surface area (Å²) in [7, 11) is 1.81. The minimum Gasteiger partial charge on any atom is -0.480 e. The van der Waals surface area contributed by atoms with Crippen LogP contribution in [-0.4, -0.2) is 66.7 Å². The van der Waals surface area contributed by atoms with Crippen LogP contribution in [0.4, 0.5) is 0 Å². The Kier molecular flexibility index (Phi) is 15.7. The van der Waals surface area contributed by atoms with Crippen LogP contribution in [0, 0.1) is 0 Å². The highest BCUT2D eigenvalue weighted by Crippen LogP contribution is 2.43. The highest BCUT2D eigenvalue weighted by molar-refractivity contribution is 6.77. The number of hydrogen-bond acceptors (Lipinski definition) is 8. The van der Waals surface area contributed by atoms with Crippen LogP contribution < -0.4 is 0 Å². The van der Waals surface area contributed by atoms with Gasteiger partial charge in [0.05, 0.1) is 26.9 Å². The van der Waals surface area contributed by atoms with E-state index in [2.05, 4.69) is 48.5 Å². The van der Waals surface area contributed by atoms with E-state index in [1.165, 1.54) is 14.2 Å². The monoisotopic (exact) mass is 518 g/mol. The Labute approximate surface area is 214 Å². The molecule has 35 heavy (non-hydrogen) atoms. The van der Waals surface area contributed by atoms with Crippen LogP contribution in [0.15, 0.2) is 11.8 Å². The zero-order valence-electron chi connectivity index (χ0n) is 23.9. The fourth-order valence-electron chi connectivity index (χ4n) is 4.82. The summed E-state index contributed by atoms with van der Waals surface area (Å²) >= 11 is 0. The molecular formula is C26H50O8Si. The van der Waals surface area contributed by atoms with E-state index in [4.69, 9.17) is 28.1 Å². The molecule has 0 saturated heterocycles. The quantitative estimate of drug-likeness (QED) is 0.0565. The minimum absolute atomic E-state index is 0.0291. The Morgan fingerprint density at radius 3 is 1.91 bits per heavy atom. The third kappa shape index (κ3) is 9.86. The number of unbranched alkanes of at least 4 members (excludes halogenated alkanes) is 2. The van der Waals surface area contributed by atoms with E-state index in [-0.39, 0.29) is 19.2 Å². The van der Waals surface area contributed by atoms with Crippen molar-refractivity contribution in [2.45, 2.75) is 109 Å². The predicted molar refractivity (Wildman–Crippen MR) is 139 cm³/mol. The summed E-state index contributed by atoms with van der Waals surface area (Å²) in [6.45, 7) is 17.7. The van der Waals surface area contributed by atoms with Gasteiger partial charge in [-0.2, -0.15) is 0 Å². The molecule has 8 nitrogen and oxygen atoms in total. The van der Waals surface area contributed by atoms with Crippen LogP contribution in [0.2, 0.25) is 16.6 Å². The molecule has 0 spiro atoms. The molecule has 2 atom stereocenters. The minimum atomic E-state index is -2.22. The van der Waals surface area contributed by atoms with Gasteiger partial charge in [-0.3, -0.25) is 0 Å². The normalized spacial score (nSPS) is 15.3. The fourth-order valence-corrected chi connectivity index (χ4v) is 10.4. The second-order valence-corrected chi connectivity index (χ2v) is 15.6. The summed E-state index contributed by atoms with van der Waals surface area (Å²) in [5.74, 6) is -1.70. The van der Waals surface area contributed by atoms with Crippen molar-refractivity contribution >= 4 is 20.3 Å². The summed E-state index contributed by atoms with van der Waals surface area (Å²) in [6, 6.07) is 0. The van der Waals surface area contributed by atoms with E-state index in [1.807, 2.05) is 6.92 Å². The SMILES string of the molecule is CCCCC[C@@H](O/C(=C\C(=O)OC)C(=O)OC)[C@@](C)(CO[Si](C(C)C)(C(C)C)C(C)C)OCOC. The lowest BCUT2D eigenvalue weighted by Gasteiger charge is -2.46. The number of hydrogen-bond donors (Lipinski definition) is 0. The van der Waals surface area contributed by atoms with Gasteiger partial charge >= 0.3 is 11.9 Å². The fraction of sp³-hybridized carbons (Fsp3) is 0.846. The molecule has 0 rings (SSSR count). The molecule has 206 valence electrons. The molecule has 9 heteroatoms. The zero-order valence-corrected chi connectivity index (χ0v) is 24.9. The summed E-state index contributed by atoms with van der Waals surface area (Å²) in [4.78, 5) is 24.4. The Bertz CT molecular complexity index is 640. The van der Waals surface area contributed by atoms with Crippen molar-refractivity contribution in [1.82, 2.24) is 0 Å². The first-order chi connectivity index (χ1) is 16.4. The second kappa shape index (κ2) is 16.3. The molecule has 0 bridgehead atoms. The van der Waals surface area contributed by atoms with Gasteiger partial charge in [0.1, 0.15) is 18.5 Å². The van der Waals surface area contributed by atoms with E-state index < -0.39 is 32.0 Å². The van der Waals surface area contributed by atoms with Crippen LogP contribution in [0.1, 0.15) is 81.1 Å². The van der Waals surface area contributed by atoms with E-state index in [9.17, 15) is 9.59 Å². The summed E-state index contributed by atoms with van der Waals surface area (Å²) in [5.41, 5.74) is 0.208. The first kappa shape index (κ1) is 33.6. The number of carbonyl (C=O) groups excluding carboxylic acids is 2. The van der Waals surface area contributed by atoms with E-state index in [0.717, 1.165) is 25.3 Å². The zero-order chi connectivity index (χ0) is 27.2. The van der Waals surface area contributed by atoms with Gasteiger partial charge in [0.2, 0.25) is 5.76 Å². The van der Waals surface area contributed by atoms with Gasteiger partial charge in [-0.1, -0.05) is 61.3 Å². The lowest BCUT2D eigenvalue weighted by atomic mass is 9.94. The van der Waals surface area contributed by atoms with Gasteiger partial charge in [-0.15, -0.1) is 0 Å². The predicted octanol–water partition coefficient (Wildman–Crippen LogP) is 5.75. The van der Waals surface area contributed by atoms with E-state index in [1.54, 1.807) is 7.11 Å². The Hall–Kier alpha value is -1.42. The van der Waals surface area contributed by atoms with Crippen molar-refractivity contribution in [1.29, 1.82) is 0 Å².